The van der Waals surface area contributed by atoms with Gasteiger partial charge in [-0.3, -0.25) is 0 Å². The minimum Gasteiger partial charge on any atom is -0.478 e. The molecule has 0 radical (unpaired) electrons. The molecule has 0 aliphatic carbocycles. The molecule has 0 bridgehead atoms. The fourth-order valence-electron chi connectivity index (χ4n) is 1.68. The van der Waals surface area contributed by atoms with E-state index in [-0.39, 0.29) is 6.79 Å². The van der Waals surface area contributed by atoms with E-state index in [9.17, 15) is 4.79 Å². The van der Waals surface area contributed by atoms with Crippen molar-refractivity contribution in [1.29, 1.82) is 0 Å². The van der Waals surface area contributed by atoms with E-state index in [1.165, 1.54) is 0 Å². The summed E-state index contributed by atoms with van der Waals surface area (Å²) in [6.45, 7) is 3.73. The van der Waals surface area contributed by atoms with Crippen LogP contribution in [0.25, 0.3) is 5.57 Å². The molecular weight excluding hydrogens is 208 g/mol. The van der Waals surface area contributed by atoms with Gasteiger partial charge in [-0.1, -0.05) is 11.6 Å². The highest BCUT2D eigenvalue weighted by Gasteiger charge is 2.18. The lowest BCUT2D eigenvalue weighted by Crippen LogP contribution is -2.01. The summed E-state index contributed by atoms with van der Waals surface area (Å²) in [5.41, 5.74) is 1.70. The van der Waals surface area contributed by atoms with Crippen LogP contribution in [0.15, 0.2) is 23.8 Å². The van der Waals surface area contributed by atoms with Crippen molar-refractivity contribution in [2.75, 3.05) is 6.79 Å². The second-order valence-electron chi connectivity index (χ2n) is 3.75. The number of rotatable bonds is 2. The molecule has 0 saturated carbocycles. The molecule has 1 N–H and O–H groups in total. The van der Waals surface area contributed by atoms with Gasteiger partial charge in [-0.05, 0) is 31.5 Å². The molecule has 84 valence electrons. The number of allylic oxidation sites excluding steroid dienone is 1. The highest BCUT2D eigenvalue weighted by Crippen LogP contribution is 2.35. The van der Waals surface area contributed by atoms with Gasteiger partial charge in [0.15, 0.2) is 11.5 Å². The van der Waals surface area contributed by atoms with E-state index in [1.54, 1.807) is 32.0 Å². The fraction of sp³-hybridized carbons (Fsp3) is 0.250. The molecule has 16 heavy (non-hydrogen) atoms. The van der Waals surface area contributed by atoms with Crippen LogP contribution in [0.4, 0.5) is 0 Å². The number of carboxylic acids is 1. The third kappa shape index (κ3) is 1.74. The number of aliphatic carboxylic acids is 1. The zero-order valence-corrected chi connectivity index (χ0v) is 9.11. The molecule has 0 atom stereocenters. The first-order valence-electron chi connectivity index (χ1n) is 4.90. The molecule has 1 aliphatic heterocycles. The Kier molecular flexibility index (Phi) is 2.56. The van der Waals surface area contributed by atoms with Gasteiger partial charge >= 0.3 is 5.97 Å². The molecule has 0 amide bonds. The lowest BCUT2D eigenvalue weighted by Gasteiger charge is -2.06. The second-order valence-corrected chi connectivity index (χ2v) is 3.75. The lowest BCUT2D eigenvalue weighted by atomic mass is 10.0. The van der Waals surface area contributed by atoms with E-state index >= 15 is 0 Å². The topological polar surface area (TPSA) is 55.8 Å². The SMILES string of the molecule is CC(C)=C(C(=O)O)c1ccc2c(c1)OCO2. The van der Waals surface area contributed by atoms with E-state index in [0.29, 0.717) is 22.6 Å². The van der Waals surface area contributed by atoms with E-state index in [4.69, 9.17) is 14.6 Å². The van der Waals surface area contributed by atoms with Crippen LogP contribution in [0.3, 0.4) is 0 Å². The largest absolute Gasteiger partial charge is 0.478 e. The summed E-state index contributed by atoms with van der Waals surface area (Å²) < 4.78 is 10.4. The van der Waals surface area contributed by atoms with Crippen LogP contribution in [0.1, 0.15) is 19.4 Å². The number of fused-ring (bicyclic) bond motifs is 1. The standard InChI is InChI=1S/C12H12O4/c1-7(2)11(12(13)14)8-3-4-9-10(5-8)16-6-15-9/h3-5H,6H2,1-2H3,(H,13,14). The molecule has 1 aromatic carbocycles. The highest BCUT2D eigenvalue weighted by atomic mass is 16.7. The predicted molar refractivity (Wildman–Crippen MR) is 58.5 cm³/mol. The number of hydrogen-bond acceptors (Lipinski definition) is 3. The molecule has 1 aliphatic rings. The Hall–Kier alpha value is -1.97. The van der Waals surface area contributed by atoms with Crippen molar-refractivity contribution in [2.24, 2.45) is 0 Å². The van der Waals surface area contributed by atoms with Crippen molar-refractivity contribution in [2.45, 2.75) is 13.8 Å². The van der Waals surface area contributed by atoms with Gasteiger partial charge in [0.2, 0.25) is 6.79 Å². The van der Waals surface area contributed by atoms with Gasteiger partial charge in [-0.25, -0.2) is 4.79 Å². The number of hydrogen-bond donors (Lipinski definition) is 1. The van der Waals surface area contributed by atoms with Gasteiger partial charge < -0.3 is 14.6 Å². The van der Waals surface area contributed by atoms with Crippen molar-refractivity contribution in [3.63, 3.8) is 0 Å². The predicted octanol–water partition coefficient (Wildman–Crippen LogP) is 2.29. The average molecular weight is 220 g/mol. The summed E-state index contributed by atoms with van der Waals surface area (Å²) in [6, 6.07) is 5.15. The van der Waals surface area contributed by atoms with Crippen molar-refractivity contribution in [1.82, 2.24) is 0 Å². The first kappa shape index (κ1) is 10.5. The quantitative estimate of drug-likeness (QED) is 0.777. The van der Waals surface area contributed by atoms with Crippen molar-refractivity contribution in [3.05, 3.63) is 29.3 Å². The smallest absolute Gasteiger partial charge is 0.336 e. The van der Waals surface area contributed by atoms with Crippen LogP contribution in [0.2, 0.25) is 0 Å². The summed E-state index contributed by atoms with van der Waals surface area (Å²) in [5.74, 6) is 0.318. The van der Waals surface area contributed by atoms with Gasteiger partial charge in [0.1, 0.15) is 0 Å². The van der Waals surface area contributed by atoms with Crippen LogP contribution in [-0.4, -0.2) is 17.9 Å². The summed E-state index contributed by atoms with van der Waals surface area (Å²) in [5, 5.41) is 9.12. The molecule has 4 nitrogen and oxygen atoms in total. The van der Waals surface area contributed by atoms with Gasteiger partial charge in [0, 0.05) is 0 Å². The maximum absolute atomic E-state index is 11.1. The monoisotopic (exact) mass is 220 g/mol. The fourth-order valence-corrected chi connectivity index (χ4v) is 1.68. The lowest BCUT2D eigenvalue weighted by molar-refractivity contribution is -0.130. The molecule has 0 saturated heterocycles. The number of ether oxygens (including phenoxy) is 2. The van der Waals surface area contributed by atoms with Gasteiger partial charge in [0.05, 0.1) is 5.57 Å². The second kappa shape index (κ2) is 3.89. The molecule has 0 aromatic heterocycles. The van der Waals surface area contributed by atoms with E-state index in [0.717, 1.165) is 5.57 Å². The molecule has 1 heterocycles. The summed E-state index contributed by atoms with van der Waals surface area (Å²) in [4.78, 5) is 11.1. The molecule has 0 fully saturated rings. The van der Waals surface area contributed by atoms with Crippen LogP contribution < -0.4 is 9.47 Å². The number of carbonyl (C=O) groups is 1. The minimum atomic E-state index is -0.932. The molecular formula is C12H12O4. The first-order chi connectivity index (χ1) is 7.59. The van der Waals surface area contributed by atoms with E-state index in [2.05, 4.69) is 0 Å². The van der Waals surface area contributed by atoms with Crippen molar-refractivity contribution >= 4 is 11.5 Å². The Bertz CT molecular complexity index is 470. The van der Waals surface area contributed by atoms with Crippen LogP contribution in [0.5, 0.6) is 11.5 Å². The third-order valence-corrected chi connectivity index (χ3v) is 2.38. The van der Waals surface area contributed by atoms with Crippen LogP contribution in [-0.2, 0) is 4.79 Å². The van der Waals surface area contributed by atoms with Crippen LogP contribution >= 0.6 is 0 Å². The van der Waals surface area contributed by atoms with Crippen molar-refractivity contribution in [3.8, 4) is 11.5 Å². The Morgan fingerprint density at radius 2 is 1.94 bits per heavy atom. The Balaban J connectivity index is 2.48. The van der Waals surface area contributed by atoms with Gasteiger partial charge in [-0.15, -0.1) is 0 Å². The van der Waals surface area contributed by atoms with Crippen molar-refractivity contribution < 1.29 is 19.4 Å². The average Bonchev–Trinajstić information content (AvgIpc) is 2.63. The van der Waals surface area contributed by atoms with Crippen LogP contribution in [0, 0.1) is 0 Å². The zero-order chi connectivity index (χ0) is 11.7. The molecule has 4 heteroatoms. The maximum atomic E-state index is 11.1. The minimum absolute atomic E-state index is 0.190. The molecule has 1 aromatic rings. The molecule has 0 unspecified atom stereocenters. The summed E-state index contributed by atoms with van der Waals surface area (Å²) in [6.07, 6.45) is 0. The Morgan fingerprint density at radius 1 is 1.25 bits per heavy atom. The number of benzene rings is 1. The highest BCUT2D eigenvalue weighted by molar-refractivity contribution is 6.16. The molecule has 2 rings (SSSR count). The first-order valence-corrected chi connectivity index (χ1v) is 4.90. The van der Waals surface area contributed by atoms with Gasteiger partial charge in [0.25, 0.3) is 0 Å². The normalized spacial score (nSPS) is 12.4. The number of carboxylic acid groups (broad SMARTS) is 1. The van der Waals surface area contributed by atoms with E-state index in [1.807, 2.05) is 0 Å². The zero-order valence-electron chi connectivity index (χ0n) is 9.11. The third-order valence-electron chi connectivity index (χ3n) is 2.38. The molecule has 0 spiro atoms. The maximum Gasteiger partial charge on any atom is 0.336 e. The summed E-state index contributed by atoms with van der Waals surface area (Å²) in [7, 11) is 0. The van der Waals surface area contributed by atoms with Gasteiger partial charge in [-0.2, -0.15) is 0 Å². The summed E-state index contributed by atoms with van der Waals surface area (Å²) >= 11 is 0. The Labute approximate surface area is 93.1 Å². The van der Waals surface area contributed by atoms with E-state index < -0.39 is 5.97 Å². The Morgan fingerprint density at radius 3 is 2.56 bits per heavy atom.